The second-order valence-corrected chi connectivity index (χ2v) is 8.18. The molecule has 0 spiro atoms. The third-order valence-electron chi connectivity index (χ3n) is 4.61. The Labute approximate surface area is 194 Å². The number of ether oxygens (including phenoxy) is 2. The molecule has 4 rings (SSSR count). The van der Waals surface area contributed by atoms with E-state index in [-0.39, 0.29) is 11.5 Å². The summed E-state index contributed by atoms with van der Waals surface area (Å²) in [6.45, 7) is 10.2. The van der Waals surface area contributed by atoms with E-state index in [0.29, 0.717) is 18.8 Å². The number of furan rings is 2. The van der Waals surface area contributed by atoms with Crippen molar-refractivity contribution < 1.29 is 27.9 Å². The molecule has 32 heavy (non-hydrogen) atoms. The van der Waals surface area contributed by atoms with Gasteiger partial charge in [-0.25, -0.2) is 9.59 Å². The van der Waals surface area contributed by atoms with Crippen molar-refractivity contribution in [2.75, 3.05) is 13.2 Å². The van der Waals surface area contributed by atoms with E-state index in [1.54, 1.807) is 26.0 Å². The number of carbonyl (C=O) groups excluding carboxylic acids is 2. The van der Waals surface area contributed by atoms with Crippen molar-refractivity contribution in [2.45, 2.75) is 34.6 Å². The summed E-state index contributed by atoms with van der Waals surface area (Å²) >= 11 is 3.40. The largest absolute Gasteiger partial charge is 0.460 e. The van der Waals surface area contributed by atoms with Gasteiger partial charge in [0.15, 0.2) is 0 Å². The molecule has 0 amide bonds. The van der Waals surface area contributed by atoms with Crippen molar-refractivity contribution in [1.29, 1.82) is 0 Å². The minimum Gasteiger partial charge on any atom is -0.460 e. The molecule has 168 valence electrons. The molecule has 4 aromatic rings. The predicted octanol–water partition coefficient (Wildman–Crippen LogP) is 6.91. The topological polar surface area (TPSA) is 78.9 Å². The molecule has 0 aliphatic rings. The minimum absolute atomic E-state index is 0.239. The molecule has 0 saturated heterocycles. The normalized spacial score (nSPS) is 10.7. The average Bonchev–Trinajstić information content (AvgIpc) is 3.33. The molecule has 0 saturated carbocycles. The lowest BCUT2D eigenvalue weighted by atomic mass is 10.1. The van der Waals surface area contributed by atoms with Gasteiger partial charge in [0.2, 0.25) is 11.5 Å². The lowest BCUT2D eigenvalue weighted by Crippen LogP contribution is -2.02. The second-order valence-electron chi connectivity index (χ2n) is 7.33. The fraction of sp³-hybridized carbons (Fsp3) is 0.280. The third kappa shape index (κ3) is 5.22. The Balaban J connectivity index is 0.000000181. The predicted molar refractivity (Wildman–Crippen MR) is 126 cm³/mol. The first-order chi connectivity index (χ1) is 15.2. The van der Waals surface area contributed by atoms with Crippen molar-refractivity contribution >= 4 is 49.8 Å². The fourth-order valence-electron chi connectivity index (χ4n) is 3.37. The lowest BCUT2D eigenvalue weighted by Gasteiger charge is -1.97. The summed E-state index contributed by atoms with van der Waals surface area (Å²) in [6.07, 6.45) is 0. The van der Waals surface area contributed by atoms with E-state index in [1.807, 2.05) is 45.0 Å². The number of carbonyl (C=O) groups is 2. The SMILES string of the molecule is CCOC(=O)c1cc2cc(C)cc(Br)c2o1.CCOC(=O)c1cc2cc(C)cc(C)c2o1. The van der Waals surface area contributed by atoms with Gasteiger partial charge >= 0.3 is 11.9 Å². The number of halogens is 1. The van der Waals surface area contributed by atoms with E-state index in [4.69, 9.17) is 18.3 Å². The molecule has 0 bridgehead atoms. The Hall–Kier alpha value is -3.06. The molecule has 0 atom stereocenters. The zero-order valence-electron chi connectivity index (χ0n) is 18.7. The third-order valence-corrected chi connectivity index (χ3v) is 5.20. The van der Waals surface area contributed by atoms with Crippen LogP contribution in [0.5, 0.6) is 0 Å². The van der Waals surface area contributed by atoms with Crippen LogP contribution in [-0.2, 0) is 9.47 Å². The Kier molecular flexibility index (Phi) is 7.40. The number of benzene rings is 2. The van der Waals surface area contributed by atoms with Gasteiger partial charge in [-0.15, -0.1) is 0 Å². The van der Waals surface area contributed by atoms with E-state index in [2.05, 4.69) is 15.9 Å². The molecule has 0 unspecified atom stereocenters. The maximum Gasteiger partial charge on any atom is 0.374 e. The van der Waals surface area contributed by atoms with Crippen LogP contribution in [0, 0.1) is 20.8 Å². The minimum atomic E-state index is -0.428. The quantitative estimate of drug-likeness (QED) is 0.283. The van der Waals surface area contributed by atoms with E-state index in [1.165, 1.54) is 0 Å². The molecule has 2 aromatic heterocycles. The molecular formula is C25H25BrO6. The summed E-state index contributed by atoms with van der Waals surface area (Å²) in [5.41, 5.74) is 4.73. The Morgan fingerprint density at radius 2 is 1.22 bits per heavy atom. The van der Waals surface area contributed by atoms with Gasteiger partial charge in [-0.1, -0.05) is 6.07 Å². The first-order valence-corrected chi connectivity index (χ1v) is 11.1. The second kappa shape index (κ2) is 10.0. The van der Waals surface area contributed by atoms with Gasteiger partial charge in [-0.05, 0) is 97.6 Å². The van der Waals surface area contributed by atoms with Gasteiger partial charge in [0.25, 0.3) is 0 Å². The molecule has 0 fully saturated rings. The maximum atomic E-state index is 11.5. The van der Waals surface area contributed by atoms with Crippen LogP contribution < -0.4 is 0 Å². The highest BCUT2D eigenvalue weighted by molar-refractivity contribution is 9.10. The standard InChI is InChI=1S/C13H14O3.C12H11BrO3/c1-4-15-13(14)11-7-10-6-8(2)5-9(3)12(10)16-11;1-3-15-12(14)10-6-8-4-7(2)5-9(13)11(8)16-10/h5-7H,4H2,1-3H3;4-6H,3H2,1-2H3. The van der Waals surface area contributed by atoms with Gasteiger partial charge in [0.05, 0.1) is 17.7 Å². The summed E-state index contributed by atoms with van der Waals surface area (Å²) in [4.78, 5) is 23.0. The van der Waals surface area contributed by atoms with Gasteiger partial charge in [-0.3, -0.25) is 0 Å². The number of aryl methyl sites for hydroxylation is 3. The zero-order chi connectivity index (χ0) is 23.4. The van der Waals surface area contributed by atoms with Crippen molar-refractivity contribution in [1.82, 2.24) is 0 Å². The van der Waals surface area contributed by atoms with E-state index < -0.39 is 11.9 Å². The Morgan fingerprint density at radius 3 is 1.75 bits per heavy atom. The highest BCUT2D eigenvalue weighted by Gasteiger charge is 2.15. The van der Waals surface area contributed by atoms with E-state index in [0.717, 1.165) is 37.5 Å². The first kappa shape index (κ1) is 23.6. The van der Waals surface area contributed by atoms with Crippen LogP contribution in [0.4, 0.5) is 0 Å². The van der Waals surface area contributed by atoms with Crippen LogP contribution in [0.1, 0.15) is 51.6 Å². The van der Waals surface area contributed by atoms with Gasteiger partial charge in [0, 0.05) is 10.8 Å². The molecule has 6 nitrogen and oxygen atoms in total. The molecule has 0 aliphatic carbocycles. The molecule has 0 N–H and O–H groups in total. The molecular weight excluding hydrogens is 476 g/mol. The average molecular weight is 501 g/mol. The highest BCUT2D eigenvalue weighted by atomic mass is 79.9. The fourth-order valence-corrected chi connectivity index (χ4v) is 4.04. The molecule has 2 aromatic carbocycles. The number of hydrogen-bond acceptors (Lipinski definition) is 6. The van der Waals surface area contributed by atoms with Gasteiger partial charge in [-0.2, -0.15) is 0 Å². The maximum absolute atomic E-state index is 11.5. The van der Waals surface area contributed by atoms with Crippen molar-refractivity contribution in [3.05, 3.63) is 69.1 Å². The van der Waals surface area contributed by atoms with E-state index in [9.17, 15) is 9.59 Å². The zero-order valence-corrected chi connectivity index (χ0v) is 20.3. The molecule has 7 heteroatoms. The number of esters is 2. The van der Waals surface area contributed by atoms with Crippen LogP contribution in [0.25, 0.3) is 21.9 Å². The number of hydrogen-bond donors (Lipinski definition) is 0. The van der Waals surface area contributed by atoms with Crippen LogP contribution in [-0.4, -0.2) is 25.2 Å². The van der Waals surface area contributed by atoms with Crippen LogP contribution >= 0.6 is 15.9 Å². The number of rotatable bonds is 4. The highest BCUT2D eigenvalue weighted by Crippen LogP contribution is 2.29. The summed E-state index contributed by atoms with van der Waals surface area (Å²) in [5.74, 6) is -0.326. The van der Waals surface area contributed by atoms with Crippen LogP contribution in [0.3, 0.4) is 0 Å². The smallest absolute Gasteiger partial charge is 0.374 e. The molecule has 2 heterocycles. The molecule has 0 radical (unpaired) electrons. The van der Waals surface area contributed by atoms with Crippen molar-refractivity contribution in [3.8, 4) is 0 Å². The first-order valence-electron chi connectivity index (χ1n) is 10.3. The lowest BCUT2D eigenvalue weighted by molar-refractivity contribution is 0.0484. The van der Waals surface area contributed by atoms with Crippen LogP contribution in [0.15, 0.2) is 49.7 Å². The van der Waals surface area contributed by atoms with Crippen LogP contribution in [0.2, 0.25) is 0 Å². The summed E-state index contributed by atoms with van der Waals surface area (Å²) in [5, 5.41) is 1.84. The summed E-state index contributed by atoms with van der Waals surface area (Å²) < 4.78 is 21.6. The summed E-state index contributed by atoms with van der Waals surface area (Å²) in [6, 6.07) is 11.4. The van der Waals surface area contributed by atoms with E-state index >= 15 is 0 Å². The monoisotopic (exact) mass is 500 g/mol. The van der Waals surface area contributed by atoms with Crippen molar-refractivity contribution in [2.24, 2.45) is 0 Å². The van der Waals surface area contributed by atoms with Crippen molar-refractivity contribution in [3.63, 3.8) is 0 Å². The van der Waals surface area contributed by atoms with Gasteiger partial charge in [0.1, 0.15) is 11.2 Å². The Morgan fingerprint density at radius 1 is 0.750 bits per heavy atom. The molecule has 0 aliphatic heterocycles. The summed E-state index contributed by atoms with van der Waals surface area (Å²) in [7, 11) is 0. The number of fused-ring (bicyclic) bond motifs is 2. The Bertz CT molecular complexity index is 1180. The van der Waals surface area contributed by atoms with Gasteiger partial charge < -0.3 is 18.3 Å².